The number of carbonyl (C=O) groups excluding carboxylic acids is 1. The summed E-state index contributed by atoms with van der Waals surface area (Å²) in [6.45, 7) is 7.81. The third kappa shape index (κ3) is 5.67. The maximum atomic E-state index is 15.0. The lowest BCUT2D eigenvalue weighted by Crippen LogP contribution is -2.56. The molecule has 0 radical (unpaired) electrons. The van der Waals surface area contributed by atoms with E-state index in [2.05, 4.69) is 54.9 Å². The predicted molar refractivity (Wildman–Crippen MR) is 114 cm³/mol. The third-order valence-corrected chi connectivity index (χ3v) is 6.25. The van der Waals surface area contributed by atoms with Crippen LogP contribution in [0, 0.1) is 0 Å². The lowest BCUT2D eigenvalue weighted by Gasteiger charge is -2.41. The number of likely N-dealkylation sites (tertiary alicyclic amines) is 1. The smallest absolute Gasteiger partial charge is 0.342 e. The Bertz CT molecular complexity index is 617. The van der Waals surface area contributed by atoms with Gasteiger partial charge in [-0.3, -0.25) is 9.80 Å². The van der Waals surface area contributed by atoms with Crippen molar-refractivity contribution in [2.24, 2.45) is 0 Å². The highest BCUT2D eigenvalue weighted by molar-refractivity contribution is 9.10. The summed E-state index contributed by atoms with van der Waals surface area (Å²) in [6.07, 6.45) is 1.75. The molecule has 2 atom stereocenters. The molecular formula is C21H31BrFN3O2. The van der Waals surface area contributed by atoms with Crippen LogP contribution in [-0.2, 0) is 9.53 Å². The molecule has 3 rings (SSSR count). The largest absolute Gasteiger partial charge is 0.464 e. The molecule has 1 aromatic carbocycles. The second-order valence-corrected chi connectivity index (χ2v) is 8.50. The van der Waals surface area contributed by atoms with Crippen LogP contribution in [0.5, 0.6) is 0 Å². The number of benzene rings is 1. The molecule has 0 bridgehead atoms. The fraction of sp³-hybridized carbons (Fsp3) is 0.667. The van der Waals surface area contributed by atoms with Gasteiger partial charge in [-0.15, -0.1) is 0 Å². The van der Waals surface area contributed by atoms with Gasteiger partial charge in [-0.1, -0.05) is 22.4 Å². The molecule has 156 valence electrons. The van der Waals surface area contributed by atoms with E-state index in [1.165, 1.54) is 12.1 Å². The second-order valence-electron chi connectivity index (χ2n) is 7.58. The first-order chi connectivity index (χ1) is 13.6. The minimum atomic E-state index is -1.58. The summed E-state index contributed by atoms with van der Waals surface area (Å²) < 4.78 is 21.1. The van der Waals surface area contributed by atoms with E-state index < -0.39 is 18.2 Å². The van der Waals surface area contributed by atoms with Crippen molar-refractivity contribution in [3.8, 4) is 0 Å². The zero-order valence-corrected chi connectivity index (χ0v) is 18.2. The van der Waals surface area contributed by atoms with Crippen molar-refractivity contribution in [3.05, 3.63) is 28.7 Å². The van der Waals surface area contributed by atoms with Crippen LogP contribution in [0.3, 0.4) is 0 Å². The highest BCUT2D eigenvalue weighted by Gasteiger charge is 2.36. The van der Waals surface area contributed by atoms with Crippen LogP contribution in [0.2, 0.25) is 0 Å². The standard InChI is InChI=1S/C21H31BrFN3O2/c1-2-28-21(27)20(23)19(26-10-4-3-5-11-26)16-24-12-14-25(15-13-24)18-8-6-17(22)7-9-18/h6-9,19-20H,2-5,10-16H2,1H3/t19-,20+/m0/s1. The van der Waals surface area contributed by atoms with Crippen molar-refractivity contribution in [1.82, 2.24) is 9.80 Å². The Hall–Kier alpha value is -1.18. The van der Waals surface area contributed by atoms with Gasteiger partial charge in [-0.2, -0.15) is 0 Å². The molecular weight excluding hydrogens is 425 g/mol. The summed E-state index contributed by atoms with van der Waals surface area (Å²) >= 11 is 3.48. The second kappa shape index (κ2) is 10.6. The monoisotopic (exact) mass is 455 g/mol. The van der Waals surface area contributed by atoms with Gasteiger partial charge in [0.15, 0.2) is 0 Å². The Labute approximate surface area is 175 Å². The SMILES string of the molecule is CCOC(=O)[C@H](F)[C@H](CN1CCN(c2ccc(Br)cc2)CC1)N1CCCCC1. The van der Waals surface area contributed by atoms with E-state index in [1.54, 1.807) is 6.92 Å². The van der Waals surface area contributed by atoms with Gasteiger partial charge in [0.05, 0.1) is 12.6 Å². The van der Waals surface area contributed by atoms with Crippen molar-refractivity contribution in [2.75, 3.05) is 57.3 Å². The molecule has 7 heteroatoms. The molecule has 0 aromatic heterocycles. The Kier molecular flexibility index (Phi) is 8.11. The number of alkyl halides is 1. The molecule has 5 nitrogen and oxygen atoms in total. The van der Waals surface area contributed by atoms with Crippen LogP contribution in [0.15, 0.2) is 28.7 Å². The van der Waals surface area contributed by atoms with Crippen molar-refractivity contribution >= 4 is 27.6 Å². The molecule has 2 aliphatic heterocycles. The number of rotatable bonds is 7. The number of carbonyl (C=O) groups is 1. The highest BCUT2D eigenvalue weighted by atomic mass is 79.9. The van der Waals surface area contributed by atoms with Crippen molar-refractivity contribution in [1.29, 1.82) is 0 Å². The summed E-state index contributed by atoms with van der Waals surface area (Å²) in [6, 6.07) is 7.93. The first-order valence-electron chi connectivity index (χ1n) is 10.4. The van der Waals surface area contributed by atoms with Gasteiger partial charge in [0, 0.05) is 42.9 Å². The van der Waals surface area contributed by atoms with Gasteiger partial charge in [-0.25, -0.2) is 9.18 Å². The summed E-state index contributed by atoms with van der Waals surface area (Å²) in [4.78, 5) is 18.9. The molecule has 0 amide bonds. The number of ether oxygens (including phenoxy) is 1. The van der Waals surface area contributed by atoms with Gasteiger partial charge in [0.1, 0.15) is 0 Å². The van der Waals surface area contributed by atoms with Gasteiger partial charge in [0.25, 0.3) is 0 Å². The molecule has 0 spiro atoms. The molecule has 2 aliphatic rings. The highest BCUT2D eigenvalue weighted by Crippen LogP contribution is 2.22. The summed E-state index contributed by atoms with van der Waals surface area (Å²) in [5, 5.41) is 0. The van der Waals surface area contributed by atoms with Crippen molar-refractivity contribution < 1.29 is 13.9 Å². The van der Waals surface area contributed by atoms with Crippen LogP contribution in [0.25, 0.3) is 0 Å². The van der Waals surface area contributed by atoms with Gasteiger partial charge < -0.3 is 9.64 Å². The van der Waals surface area contributed by atoms with Crippen LogP contribution in [-0.4, -0.2) is 80.4 Å². The molecule has 28 heavy (non-hydrogen) atoms. The van der Waals surface area contributed by atoms with E-state index >= 15 is 4.39 Å². The van der Waals surface area contributed by atoms with Crippen molar-refractivity contribution in [3.63, 3.8) is 0 Å². The van der Waals surface area contributed by atoms with Crippen LogP contribution in [0.4, 0.5) is 10.1 Å². The van der Waals surface area contributed by atoms with E-state index in [1.807, 2.05) is 0 Å². The molecule has 0 aliphatic carbocycles. The minimum absolute atomic E-state index is 0.220. The fourth-order valence-corrected chi connectivity index (χ4v) is 4.39. The molecule has 0 N–H and O–H groups in total. The zero-order chi connectivity index (χ0) is 19.9. The van der Waals surface area contributed by atoms with Crippen molar-refractivity contribution in [2.45, 2.75) is 38.4 Å². The Morgan fingerprint density at radius 2 is 1.71 bits per heavy atom. The number of halogens is 2. The van der Waals surface area contributed by atoms with Crippen LogP contribution < -0.4 is 4.90 Å². The average Bonchev–Trinajstić information content (AvgIpc) is 2.73. The number of hydrogen-bond donors (Lipinski definition) is 0. The van der Waals surface area contributed by atoms with Crippen LogP contribution >= 0.6 is 15.9 Å². The first-order valence-corrected chi connectivity index (χ1v) is 11.2. The summed E-state index contributed by atoms with van der Waals surface area (Å²) in [7, 11) is 0. The fourth-order valence-electron chi connectivity index (χ4n) is 4.13. The number of anilines is 1. The maximum Gasteiger partial charge on any atom is 0.342 e. The van der Waals surface area contributed by atoms with E-state index in [0.717, 1.165) is 56.6 Å². The minimum Gasteiger partial charge on any atom is -0.464 e. The Morgan fingerprint density at radius 3 is 2.32 bits per heavy atom. The van der Waals surface area contributed by atoms with E-state index in [0.29, 0.717) is 6.54 Å². The Morgan fingerprint density at radius 1 is 1.07 bits per heavy atom. The number of esters is 1. The molecule has 1 aromatic rings. The number of piperidine rings is 1. The van der Waals surface area contributed by atoms with E-state index in [4.69, 9.17) is 4.74 Å². The average molecular weight is 456 g/mol. The van der Waals surface area contributed by atoms with E-state index in [-0.39, 0.29) is 6.61 Å². The third-order valence-electron chi connectivity index (χ3n) is 5.72. The predicted octanol–water partition coefficient (Wildman–Crippen LogP) is 3.33. The number of nitrogens with zero attached hydrogens (tertiary/aromatic N) is 3. The van der Waals surface area contributed by atoms with Crippen LogP contribution in [0.1, 0.15) is 26.2 Å². The van der Waals surface area contributed by atoms with Gasteiger partial charge in [-0.05, 0) is 57.1 Å². The van der Waals surface area contributed by atoms with Gasteiger partial charge >= 0.3 is 5.97 Å². The molecule has 0 unspecified atom stereocenters. The molecule has 2 heterocycles. The number of hydrogen-bond acceptors (Lipinski definition) is 5. The lowest BCUT2D eigenvalue weighted by molar-refractivity contribution is -0.152. The van der Waals surface area contributed by atoms with E-state index in [9.17, 15) is 4.79 Å². The molecule has 2 fully saturated rings. The lowest BCUT2D eigenvalue weighted by atomic mass is 10.0. The summed E-state index contributed by atoms with van der Waals surface area (Å²) in [5.41, 5.74) is 1.21. The number of piperazine rings is 1. The first kappa shape index (κ1) is 21.5. The topological polar surface area (TPSA) is 36.0 Å². The molecule has 0 saturated carbocycles. The zero-order valence-electron chi connectivity index (χ0n) is 16.7. The van der Waals surface area contributed by atoms with Gasteiger partial charge in [0.2, 0.25) is 6.17 Å². The quantitative estimate of drug-likeness (QED) is 0.589. The normalized spacial score (nSPS) is 21.3. The molecule has 2 saturated heterocycles. The summed E-state index contributed by atoms with van der Waals surface area (Å²) in [5.74, 6) is -0.716. The Balaban J connectivity index is 1.59. The maximum absolute atomic E-state index is 15.0.